The molecule has 0 radical (unpaired) electrons. The van der Waals surface area contributed by atoms with E-state index in [2.05, 4.69) is 0 Å². The predicted molar refractivity (Wildman–Crippen MR) is 53.9 cm³/mol. The average Bonchev–Trinajstić information content (AvgIpc) is 2.22. The van der Waals surface area contributed by atoms with Crippen LogP contribution in [0, 0.1) is 11.3 Å². The standard InChI is InChI=1S/C11H15NO4/c1-3-4-5-8(11(15)16)9(6-12)10(14)7(2)13/h7,13H,3-5H2,1-2H3,(H,15,16)/p-1/b9-8-. The molecular weight excluding hydrogens is 210 g/mol. The van der Waals surface area contributed by atoms with E-state index in [1.807, 2.05) is 6.92 Å². The topological polar surface area (TPSA) is 101 Å². The van der Waals surface area contributed by atoms with Gasteiger partial charge in [0.2, 0.25) is 5.78 Å². The first-order valence-electron chi connectivity index (χ1n) is 5.02. The fourth-order valence-corrected chi connectivity index (χ4v) is 1.16. The van der Waals surface area contributed by atoms with Gasteiger partial charge in [0.15, 0.2) is 0 Å². The summed E-state index contributed by atoms with van der Waals surface area (Å²) in [6.07, 6.45) is -0.00855. The van der Waals surface area contributed by atoms with Gasteiger partial charge in [-0.25, -0.2) is 0 Å². The molecule has 0 aliphatic rings. The number of aliphatic carboxylic acids is 1. The van der Waals surface area contributed by atoms with Gasteiger partial charge in [-0.2, -0.15) is 5.26 Å². The number of Topliss-reactive ketones (excluding diaryl/α,β-unsaturated/α-hetero) is 1. The van der Waals surface area contributed by atoms with Crippen molar-refractivity contribution in [1.82, 2.24) is 0 Å². The number of hydrogen-bond acceptors (Lipinski definition) is 5. The van der Waals surface area contributed by atoms with Crippen LogP contribution in [0.5, 0.6) is 0 Å². The van der Waals surface area contributed by atoms with Crippen LogP contribution < -0.4 is 5.11 Å². The Labute approximate surface area is 94.0 Å². The van der Waals surface area contributed by atoms with Crippen LogP contribution in [-0.2, 0) is 9.59 Å². The minimum Gasteiger partial charge on any atom is -0.545 e. The van der Waals surface area contributed by atoms with E-state index in [9.17, 15) is 14.7 Å². The Morgan fingerprint density at radius 1 is 1.50 bits per heavy atom. The number of nitriles is 1. The summed E-state index contributed by atoms with van der Waals surface area (Å²) in [6.45, 7) is 3.04. The number of unbranched alkanes of at least 4 members (excludes halogenated alkanes) is 1. The molecule has 0 fully saturated rings. The van der Waals surface area contributed by atoms with Crippen LogP contribution in [-0.4, -0.2) is 23.0 Å². The van der Waals surface area contributed by atoms with E-state index >= 15 is 0 Å². The number of aliphatic hydroxyl groups excluding tert-OH is 1. The summed E-state index contributed by atoms with van der Waals surface area (Å²) >= 11 is 0. The summed E-state index contributed by atoms with van der Waals surface area (Å²) < 4.78 is 0. The largest absolute Gasteiger partial charge is 0.545 e. The summed E-state index contributed by atoms with van der Waals surface area (Å²) in [5.41, 5.74) is -0.835. The number of carbonyl (C=O) groups excluding carboxylic acids is 2. The molecule has 16 heavy (non-hydrogen) atoms. The van der Waals surface area contributed by atoms with E-state index in [0.717, 1.165) is 6.42 Å². The molecule has 0 aliphatic heterocycles. The molecule has 0 aromatic carbocycles. The van der Waals surface area contributed by atoms with Crippen LogP contribution in [0.25, 0.3) is 0 Å². The van der Waals surface area contributed by atoms with E-state index in [1.165, 1.54) is 13.0 Å². The number of hydrogen-bond donors (Lipinski definition) is 1. The van der Waals surface area contributed by atoms with Crippen LogP contribution >= 0.6 is 0 Å². The van der Waals surface area contributed by atoms with Crippen molar-refractivity contribution < 1.29 is 19.8 Å². The van der Waals surface area contributed by atoms with Crippen LogP contribution in [0.2, 0.25) is 0 Å². The second kappa shape index (κ2) is 6.75. The summed E-state index contributed by atoms with van der Waals surface area (Å²) in [7, 11) is 0. The smallest absolute Gasteiger partial charge is 0.201 e. The molecule has 0 saturated carbocycles. The summed E-state index contributed by atoms with van der Waals surface area (Å²) in [5.74, 6) is -2.41. The van der Waals surface area contributed by atoms with E-state index in [0.29, 0.717) is 6.42 Å². The Bertz CT molecular complexity index is 349. The lowest BCUT2D eigenvalue weighted by molar-refractivity contribution is -0.299. The number of nitrogens with zero attached hydrogens (tertiary/aromatic N) is 1. The Morgan fingerprint density at radius 2 is 2.06 bits per heavy atom. The molecule has 0 aromatic rings. The lowest BCUT2D eigenvalue weighted by Crippen LogP contribution is -2.29. The number of ketones is 1. The van der Waals surface area contributed by atoms with Crippen molar-refractivity contribution in [3.05, 3.63) is 11.1 Å². The fourth-order valence-electron chi connectivity index (χ4n) is 1.16. The molecule has 0 aromatic heterocycles. The SMILES string of the molecule is CCCC/C(C(=O)[O-])=C(\C#N)C(=O)C(C)O. The first-order chi connectivity index (χ1) is 7.45. The number of carboxylic acid groups (broad SMARTS) is 1. The van der Waals surface area contributed by atoms with Crippen molar-refractivity contribution in [2.45, 2.75) is 39.2 Å². The zero-order valence-electron chi connectivity index (χ0n) is 9.32. The van der Waals surface area contributed by atoms with Gasteiger partial charge < -0.3 is 15.0 Å². The molecule has 0 rings (SSSR count). The van der Waals surface area contributed by atoms with Gasteiger partial charge in [0.05, 0.1) is 5.97 Å². The van der Waals surface area contributed by atoms with Gasteiger partial charge in [0, 0.05) is 0 Å². The van der Waals surface area contributed by atoms with Crippen LogP contribution in [0.3, 0.4) is 0 Å². The fraction of sp³-hybridized carbons (Fsp3) is 0.545. The first kappa shape index (κ1) is 14.3. The molecular formula is C11H14NO4-. The summed E-state index contributed by atoms with van der Waals surface area (Å²) in [6, 6.07) is 1.52. The third-order valence-corrected chi connectivity index (χ3v) is 2.07. The zero-order chi connectivity index (χ0) is 12.7. The summed E-state index contributed by atoms with van der Waals surface area (Å²) in [4.78, 5) is 22.1. The van der Waals surface area contributed by atoms with Gasteiger partial charge in [-0.05, 0) is 25.3 Å². The molecule has 1 atom stereocenters. The molecule has 0 spiro atoms. The Kier molecular flexibility index (Phi) is 6.04. The molecule has 5 heteroatoms. The number of carboxylic acids is 1. The summed E-state index contributed by atoms with van der Waals surface area (Å²) in [5, 5.41) is 28.5. The van der Waals surface area contributed by atoms with Gasteiger partial charge in [-0.3, -0.25) is 4.79 Å². The van der Waals surface area contributed by atoms with Crippen molar-refractivity contribution >= 4 is 11.8 Å². The highest BCUT2D eigenvalue weighted by atomic mass is 16.4. The molecule has 0 heterocycles. The monoisotopic (exact) mass is 224 g/mol. The highest BCUT2D eigenvalue weighted by Gasteiger charge is 2.19. The van der Waals surface area contributed by atoms with Crippen molar-refractivity contribution in [2.75, 3.05) is 0 Å². The molecule has 0 aliphatic carbocycles. The van der Waals surface area contributed by atoms with Crippen LogP contribution in [0.1, 0.15) is 33.1 Å². The van der Waals surface area contributed by atoms with E-state index in [1.54, 1.807) is 0 Å². The van der Waals surface area contributed by atoms with E-state index in [-0.39, 0.29) is 12.0 Å². The van der Waals surface area contributed by atoms with E-state index < -0.39 is 23.4 Å². The molecule has 0 amide bonds. The quantitative estimate of drug-likeness (QED) is 0.493. The van der Waals surface area contributed by atoms with Crippen molar-refractivity contribution in [3.63, 3.8) is 0 Å². The Balaban J connectivity index is 5.26. The highest BCUT2D eigenvalue weighted by Crippen LogP contribution is 2.14. The maximum absolute atomic E-state index is 11.4. The highest BCUT2D eigenvalue weighted by molar-refractivity contribution is 6.07. The molecule has 5 nitrogen and oxygen atoms in total. The van der Waals surface area contributed by atoms with Crippen LogP contribution in [0.4, 0.5) is 0 Å². The molecule has 0 saturated heterocycles. The number of aliphatic hydroxyl groups is 1. The van der Waals surface area contributed by atoms with Crippen molar-refractivity contribution in [3.8, 4) is 6.07 Å². The van der Waals surface area contributed by atoms with Gasteiger partial charge in [-0.15, -0.1) is 0 Å². The predicted octanol–water partition coefficient (Wildman–Crippen LogP) is -0.303. The maximum atomic E-state index is 11.4. The number of rotatable bonds is 6. The first-order valence-corrected chi connectivity index (χ1v) is 5.02. The van der Waals surface area contributed by atoms with Crippen molar-refractivity contribution in [2.24, 2.45) is 0 Å². The molecule has 0 bridgehead atoms. The minimum absolute atomic E-state index is 0.0974. The van der Waals surface area contributed by atoms with Gasteiger partial charge in [-0.1, -0.05) is 13.3 Å². The maximum Gasteiger partial charge on any atom is 0.201 e. The third-order valence-electron chi connectivity index (χ3n) is 2.07. The Morgan fingerprint density at radius 3 is 2.38 bits per heavy atom. The Hall–Kier alpha value is -1.67. The average molecular weight is 224 g/mol. The second-order valence-corrected chi connectivity index (χ2v) is 3.40. The molecule has 88 valence electrons. The lowest BCUT2D eigenvalue weighted by atomic mass is 9.98. The van der Waals surface area contributed by atoms with Crippen molar-refractivity contribution in [1.29, 1.82) is 5.26 Å². The normalized spacial score (nSPS) is 13.6. The minimum atomic E-state index is -1.53. The zero-order valence-corrected chi connectivity index (χ0v) is 9.32. The van der Waals surface area contributed by atoms with Crippen LogP contribution in [0.15, 0.2) is 11.1 Å². The third kappa shape index (κ3) is 3.83. The molecule has 1 N–H and O–H groups in total. The van der Waals surface area contributed by atoms with Gasteiger partial charge in [0.1, 0.15) is 17.7 Å². The number of carbonyl (C=O) groups is 2. The second-order valence-electron chi connectivity index (χ2n) is 3.40. The van der Waals surface area contributed by atoms with Gasteiger partial charge >= 0.3 is 0 Å². The lowest BCUT2D eigenvalue weighted by Gasteiger charge is -2.11. The molecule has 1 unspecified atom stereocenters. The van der Waals surface area contributed by atoms with E-state index in [4.69, 9.17) is 10.4 Å². The van der Waals surface area contributed by atoms with Gasteiger partial charge in [0.25, 0.3) is 0 Å².